The van der Waals surface area contributed by atoms with Crippen LogP contribution in [-0.2, 0) is 17.6 Å². The van der Waals surface area contributed by atoms with Crippen LogP contribution in [0.25, 0.3) is 0 Å². The van der Waals surface area contributed by atoms with Gasteiger partial charge in [0.2, 0.25) is 0 Å². The average Bonchev–Trinajstić information content (AvgIpc) is 2.80. The molecule has 1 unspecified atom stereocenters. The van der Waals surface area contributed by atoms with E-state index in [9.17, 15) is 4.79 Å². The highest BCUT2D eigenvalue weighted by atomic mass is 16.5. The zero-order valence-electron chi connectivity index (χ0n) is 18.0. The highest BCUT2D eigenvalue weighted by molar-refractivity contribution is 5.90. The van der Waals surface area contributed by atoms with Crippen molar-refractivity contribution in [3.63, 3.8) is 0 Å². The summed E-state index contributed by atoms with van der Waals surface area (Å²) in [6.45, 7) is 1.33. The van der Waals surface area contributed by atoms with Gasteiger partial charge in [-0.2, -0.15) is 0 Å². The van der Waals surface area contributed by atoms with Crippen molar-refractivity contribution in [3.05, 3.63) is 53.1 Å². The molecule has 0 fully saturated rings. The third-order valence-corrected chi connectivity index (χ3v) is 5.50. The Hall–Kier alpha value is -2.73. The minimum atomic E-state index is -0.344. The third kappa shape index (κ3) is 5.66. The van der Waals surface area contributed by atoms with Crippen LogP contribution in [0.15, 0.2) is 36.4 Å². The predicted octanol–water partition coefficient (Wildman–Crippen LogP) is 3.80. The molecule has 0 aromatic heterocycles. The molecule has 1 atom stereocenters. The number of rotatable bonds is 10. The molecule has 0 heterocycles. The second-order valence-electron chi connectivity index (χ2n) is 7.44. The maximum absolute atomic E-state index is 12.2. The number of unbranched alkanes of at least 4 members (excludes halogenated alkanes) is 1. The van der Waals surface area contributed by atoms with Gasteiger partial charge < -0.3 is 24.3 Å². The molecular formula is C24H31NO5. The molecule has 3 rings (SSSR count). The Bertz CT molecular complexity index is 851. The van der Waals surface area contributed by atoms with Gasteiger partial charge in [-0.15, -0.1) is 0 Å². The topological polar surface area (TPSA) is 66.0 Å². The smallest absolute Gasteiger partial charge is 0.338 e. The summed E-state index contributed by atoms with van der Waals surface area (Å²) in [5.41, 5.74) is 3.26. The van der Waals surface area contributed by atoms with E-state index >= 15 is 0 Å². The van der Waals surface area contributed by atoms with Crippen LogP contribution in [0.1, 0.15) is 40.7 Å². The van der Waals surface area contributed by atoms with Crippen molar-refractivity contribution in [2.75, 3.05) is 34.5 Å². The fraction of sp³-hybridized carbons (Fsp3) is 0.458. The van der Waals surface area contributed by atoms with Crippen LogP contribution in [0.3, 0.4) is 0 Å². The number of nitrogens with one attached hydrogen (secondary N) is 1. The molecule has 0 saturated heterocycles. The molecule has 0 aliphatic heterocycles. The number of methoxy groups -OCH3 is 3. The summed E-state index contributed by atoms with van der Waals surface area (Å²) in [5, 5.41) is 3.64. The number of hydrogen-bond acceptors (Lipinski definition) is 6. The van der Waals surface area contributed by atoms with Gasteiger partial charge in [-0.05, 0) is 80.1 Å². The molecule has 2 aromatic rings. The fourth-order valence-corrected chi connectivity index (χ4v) is 3.78. The third-order valence-electron chi connectivity index (χ3n) is 5.50. The van der Waals surface area contributed by atoms with Gasteiger partial charge in [-0.1, -0.05) is 6.07 Å². The Morgan fingerprint density at radius 2 is 1.80 bits per heavy atom. The minimum Gasteiger partial charge on any atom is -0.497 e. The normalized spacial score (nSPS) is 15.2. The number of carbonyl (C=O) groups excluding carboxylic acids is 1. The van der Waals surface area contributed by atoms with Crippen LogP contribution >= 0.6 is 0 Å². The van der Waals surface area contributed by atoms with Gasteiger partial charge in [0, 0.05) is 6.04 Å². The molecule has 1 aliphatic rings. The largest absolute Gasteiger partial charge is 0.497 e. The molecule has 0 radical (unpaired) electrons. The Balaban J connectivity index is 1.34. The van der Waals surface area contributed by atoms with E-state index in [2.05, 4.69) is 17.4 Å². The van der Waals surface area contributed by atoms with Crippen LogP contribution in [0, 0.1) is 0 Å². The quantitative estimate of drug-likeness (QED) is 0.472. The Morgan fingerprint density at radius 1 is 0.967 bits per heavy atom. The lowest BCUT2D eigenvalue weighted by molar-refractivity contribution is 0.0497. The van der Waals surface area contributed by atoms with Crippen LogP contribution in [0.4, 0.5) is 0 Å². The van der Waals surface area contributed by atoms with Crippen molar-refractivity contribution in [2.45, 2.75) is 38.1 Å². The minimum absolute atomic E-state index is 0.344. The van der Waals surface area contributed by atoms with Gasteiger partial charge in [0.05, 0.1) is 33.5 Å². The monoisotopic (exact) mass is 413 g/mol. The van der Waals surface area contributed by atoms with Crippen molar-refractivity contribution in [2.24, 2.45) is 0 Å². The van der Waals surface area contributed by atoms with Crippen LogP contribution < -0.4 is 19.5 Å². The van der Waals surface area contributed by atoms with E-state index < -0.39 is 0 Å². The van der Waals surface area contributed by atoms with Gasteiger partial charge in [0.15, 0.2) is 11.5 Å². The summed E-state index contributed by atoms with van der Waals surface area (Å²) in [4.78, 5) is 12.2. The number of aryl methyl sites for hydroxylation is 1. The van der Waals surface area contributed by atoms with E-state index in [1.165, 1.54) is 11.1 Å². The Morgan fingerprint density at radius 3 is 2.57 bits per heavy atom. The van der Waals surface area contributed by atoms with Crippen LogP contribution in [0.2, 0.25) is 0 Å². The van der Waals surface area contributed by atoms with Gasteiger partial charge in [-0.25, -0.2) is 4.79 Å². The first-order valence-electron chi connectivity index (χ1n) is 10.4. The van der Waals surface area contributed by atoms with Gasteiger partial charge in [0.25, 0.3) is 0 Å². The van der Waals surface area contributed by atoms with E-state index in [-0.39, 0.29) is 5.97 Å². The zero-order chi connectivity index (χ0) is 21.3. The van der Waals surface area contributed by atoms with Crippen molar-refractivity contribution < 1.29 is 23.7 Å². The van der Waals surface area contributed by atoms with Crippen molar-refractivity contribution in [3.8, 4) is 17.2 Å². The summed E-state index contributed by atoms with van der Waals surface area (Å²) in [6.07, 6.45) is 5.05. The number of benzene rings is 2. The number of fused-ring (bicyclic) bond motifs is 1. The lowest BCUT2D eigenvalue weighted by Gasteiger charge is -2.26. The fourth-order valence-electron chi connectivity index (χ4n) is 3.78. The summed E-state index contributed by atoms with van der Waals surface area (Å²) in [7, 11) is 4.81. The second kappa shape index (κ2) is 10.9. The molecule has 6 heteroatoms. The highest BCUT2D eigenvalue weighted by Gasteiger charge is 2.18. The lowest BCUT2D eigenvalue weighted by atomic mass is 9.88. The molecular weight excluding hydrogens is 382 g/mol. The molecule has 162 valence electrons. The summed E-state index contributed by atoms with van der Waals surface area (Å²) >= 11 is 0. The summed E-state index contributed by atoms with van der Waals surface area (Å²) < 4.78 is 21.1. The van der Waals surface area contributed by atoms with Crippen LogP contribution in [0.5, 0.6) is 17.2 Å². The molecule has 0 bridgehead atoms. The van der Waals surface area contributed by atoms with E-state index in [0.717, 1.165) is 44.4 Å². The lowest BCUT2D eigenvalue weighted by Crippen LogP contribution is -2.35. The van der Waals surface area contributed by atoms with E-state index in [1.807, 2.05) is 6.07 Å². The van der Waals surface area contributed by atoms with Gasteiger partial charge in [-0.3, -0.25) is 0 Å². The number of hydrogen-bond donors (Lipinski definition) is 1. The first kappa shape index (κ1) is 22.0. The second-order valence-corrected chi connectivity index (χ2v) is 7.44. The molecule has 0 amide bonds. The molecule has 1 aliphatic carbocycles. The van der Waals surface area contributed by atoms with Crippen molar-refractivity contribution >= 4 is 5.97 Å². The summed E-state index contributed by atoms with van der Waals surface area (Å²) in [6, 6.07) is 11.9. The number of carbonyl (C=O) groups is 1. The van der Waals surface area contributed by atoms with E-state index in [0.29, 0.717) is 29.7 Å². The van der Waals surface area contributed by atoms with Crippen molar-refractivity contribution in [1.82, 2.24) is 5.32 Å². The SMILES string of the molecule is COc1ccc2c(c1)CCC(NCCCCOC(=O)c1ccc(OC)c(OC)c1)C2. The maximum Gasteiger partial charge on any atom is 0.338 e. The molecule has 0 saturated carbocycles. The highest BCUT2D eigenvalue weighted by Crippen LogP contribution is 2.28. The standard InChI is InChI=1S/C24H31NO5/c1-27-21-10-7-17-14-20(9-6-18(17)15-21)25-12-4-5-13-30-24(26)19-8-11-22(28-2)23(16-19)29-3/h7-8,10-11,15-16,20,25H,4-6,9,12-14H2,1-3H3. The molecule has 1 N–H and O–H groups in total. The van der Waals surface area contributed by atoms with Crippen molar-refractivity contribution in [1.29, 1.82) is 0 Å². The van der Waals surface area contributed by atoms with E-state index in [1.54, 1.807) is 39.5 Å². The molecule has 2 aromatic carbocycles. The van der Waals surface area contributed by atoms with Gasteiger partial charge in [0.1, 0.15) is 5.75 Å². The first-order valence-corrected chi connectivity index (χ1v) is 10.4. The van der Waals surface area contributed by atoms with E-state index in [4.69, 9.17) is 18.9 Å². The number of esters is 1. The Labute approximate surface area is 178 Å². The number of ether oxygens (including phenoxy) is 4. The maximum atomic E-state index is 12.2. The van der Waals surface area contributed by atoms with Gasteiger partial charge >= 0.3 is 5.97 Å². The average molecular weight is 414 g/mol. The molecule has 6 nitrogen and oxygen atoms in total. The predicted molar refractivity (Wildman–Crippen MR) is 116 cm³/mol. The van der Waals surface area contributed by atoms with Crippen LogP contribution in [-0.4, -0.2) is 46.5 Å². The summed E-state index contributed by atoms with van der Waals surface area (Å²) in [5.74, 6) is 1.69. The molecule has 30 heavy (non-hydrogen) atoms. The first-order chi connectivity index (χ1) is 14.6. The zero-order valence-corrected chi connectivity index (χ0v) is 18.0. The molecule has 0 spiro atoms. The Kier molecular flexibility index (Phi) is 7.97.